The van der Waals surface area contributed by atoms with E-state index in [0.717, 1.165) is 0 Å². The highest BCUT2D eigenvalue weighted by molar-refractivity contribution is 7.90. The van der Waals surface area contributed by atoms with E-state index in [2.05, 4.69) is 0 Å². The van der Waals surface area contributed by atoms with Crippen LogP contribution in [0.4, 0.5) is 0 Å². The Balaban J connectivity index is 2.13. The maximum absolute atomic E-state index is 11.3. The van der Waals surface area contributed by atoms with Crippen molar-refractivity contribution in [1.82, 2.24) is 0 Å². The maximum atomic E-state index is 11.3. The molecule has 1 aromatic carbocycles. The minimum Gasteiger partial charge on any atom is -0.485 e. The Morgan fingerprint density at radius 3 is 2.24 bits per heavy atom. The minimum absolute atomic E-state index is 0.122. The van der Waals surface area contributed by atoms with Crippen molar-refractivity contribution in [2.45, 2.75) is 30.4 Å². The zero-order chi connectivity index (χ0) is 12.7. The third-order valence-corrected chi connectivity index (χ3v) is 3.87. The van der Waals surface area contributed by atoms with Crippen molar-refractivity contribution in [3.8, 4) is 5.75 Å². The van der Waals surface area contributed by atoms with Crippen LogP contribution in [0.2, 0.25) is 0 Å². The van der Waals surface area contributed by atoms with Gasteiger partial charge in [-0.3, -0.25) is 0 Å². The van der Waals surface area contributed by atoms with Crippen molar-refractivity contribution < 1.29 is 17.9 Å². The molecule has 0 aliphatic carbocycles. The summed E-state index contributed by atoms with van der Waals surface area (Å²) in [5, 5.41) is 0. The van der Waals surface area contributed by atoms with Crippen molar-refractivity contribution in [2.24, 2.45) is 0 Å². The van der Waals surface area contributed by atoms with E-state index in [4.69, 9.17) is 9.47 Å². The highest BCUT2D eigenvalue weighted by Crippen LogP contribution is 2.29. The van der Waals surface area contributed by atoms with Gasteiger partial charge in [-0.2, -0.15) is 0 Å². The lowest BCUT2D eigenvalue weighted by Gasteiger charge is -2.24. The lowest BCUT2D eigenvalue weighted by atomic mass is 10.1. The number of sulfone groups is 1. The highest BCUT2D eigenvalue weighted by Gasteiger charge is 2.41. The molecule has 1 unspecified atom stereocenters. The second kappa shape index (κ2) is 3.99. The summed E-state index contributed by atoms with van der Waals surface area (Å²) in [4.78, 5) is 0.297. The van der Waals surface area contributed by atoms with E-state index >= 15 is 0 Å². The smallest absolute Gasteiger partial charge is 0.175 e. The molecule has 2 rings (SSSR count). The molecule has 94 valence electrons. The molecule has 1 aromatic rings. The Morgan fingerprint density at radius 1 is 1.29 bits per heavy atom. The molecule has 0 aromatic heterocycles. The van der Waals surface area contributed by atoms with E-state index in [1.807, 2.05) is 13.8 Å². The number of rotatable bonds is 4. The molecular weight excluding hydrogens is 240 g/mol. The molecule has 1 aliphatic rings. The molecule has 5 heteroatoms. The second-order valence-corrected chi connectivity index (χ2v) is 6.79. The van der Waals surface area contributed by atoms with Crippen molar-refractivity contribution in [1.29, 1.82) is 0 Å². The second-order valence-electron chi connectivity index (χ2n) is 4.77. The van der Waals surface area contributed by atoms with Crippen molar-refractivity contribution in [3.05, 3.63) is 24.3 Å². The average molecular weight is 256 g/mol. The van der Waals surface area contributed by atoms with Crippen LogP contribution in [-0.4, -0.2) is 33.0 Å². The molecule has 0 N–H and O–H groups in total. The van der Waals surface area contributed by atoms with Crippen LogP contribution < -0.4 is 4.74 Å². The fraction of sp³-hybridized carbons (Fsp3) is 0.500. The number of hydrogen-bond acceptors (Lipinski definition) is 4. The quantitative estimate of drug-likeness (QED) is 0.769. The van der Waals surface area contributed by atoms with Crippen LogP contribution in [0.5, 0.6) is 5.75 Å². The summed E-state index contributed by atoms with van der Waals surface area (Å²) in [6.07, 6.45) is 1.31. The van der Waals surface area contributed by atoms with E-state index in [1.54, 1.807) is 24.3 Å². The molecule has 0 radical (unpaired) electrons. The summed E-state index contributed by atoms with van der Waals surface area (Å²) < 4.78 is 33.5. The molecule has 1 atom stereocenters. The molecule has 4 nitrogen and oxygen atoms in total. The topological polar surface area (TPSA) is 55.9 Å². The summed E-state index contributed by atoms with van der Waals surface area (Å²) in [6.45, 7) is 4.62. The molecule has 1 aliphatic heterocycles. The number of ether oxygens (including phenoxy) is 2. The van der Waals surface area contributed by atoms with Gasteiger partial charge >= 0.3 is 0 Å². The first-order valence-corrected chi connectivity index (χ1v) is 7.29. The van der Waals surface area contributed by atoms with Gasteiger partial charge in [0.1, 0.15) is 17.5 Å². The van der Waals surface area contributed by atoms with Gasteiger partial charge in [0.05, 0.1) is 11.5 Å². The first-order valence-electron chi connectivity index (χ1n) is 5.40. The van der Waals surface area contributed by atoms with E-state index in [0.29, 0.717) is 17.3 Å². The van der Waals surface area contributed by atoms with E-state index in [9.17, 15) is 8.42 Å². The Kier molecular flexibility index (Phi) is 2.91. The summed E-state index contributed by atoms with van der Waals surface area (Å²) >= 11 is 0. The standard InChI is InChI=1S/C12H16O4S/c1-12(2,11-8-15-11)16-9-4-6-10(7-5-9)17(3,13)14/h4-7,11H,8H2,1-3H3. The average Bonchev–Trinajstić information content (AvgIpc) is 2.99. The zero-order valence-electron chi connectivity index (χ0n) is 10.1. The number of hydrogen-bond donors (Lipinski definition) is 0. The zero-order valence-corrected chi connectivity index (χ0v) is 11.0. The predicted molar refractivity (Wildman–Crippen MR) is 64.0 cm³/mol. The summed E-state index contributed by atoms with van der Waals surface area (Å²) in [6, 6.07) is 6.43. The predicted octanol–water partition coefficient (Wildman–Crippen LogP) is 1.65. The van der Waals surface area contributed by atoms with Gasteiger partial charge in [-0.05, 0) is 38.1 Å². The SMILES string of the molecule is CC(C)(Oc1ccc(S(C)(=O)=O)cc1)C1CO1. The summed E-state index contributed by atoms with van der Waals surface area (Å²) in [5.41, 5.74) is -0.382. The summed E-state index contributed by atoms with van der Waals surface area (Å²) in [7, 11) is -3.15. The third kappa shape index (κ3) is 2.98. The van der Waals surface area contributed by atoms with Gasteiger partial charge in [-0.25, -0.2) is 8.42 Å². The summed E-state index contributed by atoms with van der Waals surface area (Å²) in [5.74, 6) is 0.651. The van der Waals surface area contributed by atoms with Crippen LogP contribution >= 0.6 is 0 Å². The van der Waals surface area contributed by atoms with Gasteiger partial charge in [0, 0.05) is 6.26 Å². The normalized spacial score (nSPS) is 20.1. The van der Waals surface area contributed by atoms with Crippen LogP contribution in [-0.2, 0) is 14.6 Å². The molecule has 0 amide bonds. The lowest BCUT2D eigenvalue weighted by molar-refractivity contribution is 0.0743. The van der Waals surface area contributed by atoms with Gasteiger partial charge in [0.2, 0.25) is 0 Å². The fourth-order valence-electron chi connectivity index (χ4n) is 1.57. The van der Waals surface area contributed by atoms with E-state index < -0.39 is 9.84 Å². The van der Waals surface area contributed by atoms with Crippen LogP contribution in [0, 0.1) is 0 Å². The molecule has 1 heterocycles. The first kappa shape index (κ1) is 12.4. The molecule has 1 saturated heterocycles. The third-order valence-electron chi connectivity index (χ3n) is 2.74. The van der Waals surface area contributed by atoms with Crippen LogP contribution in [0.1, 0.15) is 13.8 Å². The van der Waals surface area contributed by atoms with Crippen LogP contribution in [0.3, 0.4) is 0 Å². The van der Waals surface area contributed by atoms with Gasteiger partial charge in [-0.1, -0.05) is 0 Å². The van der Waals surface area contributed by atoms with Gasteiger partial charge in [0.15, 0.2) is 9.84 Å². The highest BCUT2D eigenvalue weighted by atomic mass is 32.2. The van der Waals surface area contributed by atoms with Crippen LogP contribution in [0.25, 0.3) is 0 Å². The number of benzene rings is 1. The minimum atomic E-state index is -3.15. The van der Waals surface area contributed by atoms with Gasteiger partial charge in [-0.15, -0.1) is 0 Å². The Bertz CT molecular complexity index is 498. The fourth-order valence-corrected chi connectivity index (χ4v) is 2.20. The van der Waals surface area contributed by atoms with Gasteiger partial charge < -0.3 is 9.47 Å². The molecular formula is C12H16O4S. The van der Waals surface area contributed by atoms with Crippen LogP contribution in [0.15, 0.2) is 29.2 Å². The largest absolute Gasteiger partial charge is 0.485 e. The van der Waals surface area contributed by atoms with E-state index in [1.165, 1.54) is 6.26 Å². The first-order chi connectivity index (χ1) is 7.79. The molecule has 0 saturated carbocycles. The maximum Gasteiger partial charge on any atom is 0.175 e. The number of epoxide rings is 1. The Hall–Kier alpha value is -1.07. The lowest BCUT2D eigenvalue weighted by Crippen LogP contribution is -2.34. The monoisotopic (exact) mass is 256 g/mol. The van der Waals surface area contributed by atoms with Crippen molar-refractivity contribution in [3.63, 3.8) is 0 Å². The molecule has 1 fully saturated rings. The van der Waals surface area contributed by atoms with Gasteiger partial charge in [0.25, 0.3) is 0 Å². The molecule has 0 spiro atoms. The Labute approximate surface area is 101 Å². The van der Waals surface area contributed by atoms with Crippen molar-refractivity contribution in [2.75, 3.05) is 12.9 Å². The Morgan fingerprint density at radius 2 is 1.82 bits per heavy atom. The molecule has 0 bridgehead atoms. The van der Waals surface area contributed by atoms with E-state index in [-0.39, 0.29) is 11.7 Å². The van der Waals surface area contributed by atoms with Crippen molar-refractivity contribution >= 4 is 9.84 Å². The molecule has 17 heavy (non-hydrogen) atoms.